The summed E-state index contributed by atoms with van der Waals surface area (Å²) in [6, 6.07) is 0. The first-order valence-electron chi connectivity index (χ1n) is 3.33. The average Bonchev–Trinajstić information content (AvgIpc) is 1.81. The van der Waals surface area contributed by atoms with Crippen LogP contribution in [0.25, 0.3) is 0 Å². The van der Waals surface area contributed by atoms with Gasteiger partial charge in [0, 0.05) is 21.0 Å². The molecule has 0 radical (unpaired) electrons. The van der Waals surface area contributed by atoms with Gasteiger partial charge in [0.05, 0.1) is 0 Å². The van der Waals surface area contributed by atoms with Crippen LogP contribution in [0.5, 0.6) is 0 Å². The Bertz CT molecular complexity index is 150. The van der Waals surface area contributed by atoms with Crippen molar-refractivity contribution in [1.82, 2.24) is 5.01 Å². The van der Waals surface area contributed by atoms with Gasteiger partial charge in [-0.3, -0.25) is 4.79 Å². The van der Waals surface area contributed by atoms with Crippen LogP contribution in [0, 0.1) is 0 Å². The zero-order chi connectivity index (χ0) is 8.15. The van der Waals surface area contributed by atoms with Gasteiger partial charge in [0.25, 0.3) is 0 Å². The van der Waals surface area contributed by atoms with E-state index >= 15 is 0 Å². The lowest BCUT2D eigenvalue weighted by atomic mass is 10.2. The summed E-state index contributed by atoms with van der Waals surface area (Å²) in [5.74, 6) is 0.0520. The Morgan fingerprint density at radius 2 is 2.00 bits per heavy atom. The highest BCUT2D eigenvalue weighted by molar-refractivity contribution is 6.38. The summed E-state index contributed by atoms with van der Waals surface area (Å²) < 4.78 is 0. The fourth-order valence-corrected chi connectivity index (χ4v) is 0.631. The summed E-state index contributed by atoms with van der Waals surface area (Å²) in [5.41, 5.74) is 0.630. The largest absolute Gasteiger partial charge is 0.303 e. The van der Waals surface area contributed by atoms with Crippen LogP contribution in [0.4, 0.5) is 0 Å². The van der Waals surface area contributed by atoms with E-state index < -0.39 is 0 Å². The van der Waals surface area contributed by atoms with E-state index in [4.69, 9.17) is 0 Å². The van der Waals surface area contributed by atoms with Gasteiger partial charge in [-0.25, -0.2) is 0 Å². The first-order chi connectivity index (χ1) is 4.57. The van der Waals surface area contributed by atoms with Gasteiger partial charge in [-0.1, -0.05) is 6.92 Å². The Morgan fingerprint density at radius 3 is 2.10 bits per heavy atom. The van der Waals surface area contributed by atoms with E-state index in [2.05, 4.69) is 5.10 Å². The number of carbonyl (C=O) groups excluding carboxylic acids is 1. The molecule has 58 valence electrons. The number of hydrazone groups is 1. The van der Waals surface area contributed by atoms with Crippen molar-refractivity contribution < 1.29 is 4.79 Å². The maximum absolute atomic E-state index is 10.8. The molecule has 0 atom stereocenters. The Balaban J connectivity index is 4.19. The Labute approximate surface area is 61.7 Å². The van der Waals surface area contributed by atoms with Crippen molar-refractivity contribution in [1.29, 1.82) is 0 Å². The Hall–Kier alpha value is -0.860. The second-order valence-electron chi connectivity index (χ2n) is 2.30. The van der Waals surface area contributed by atoms with Gasteiger partial charge in [-0.15, -0.1) is 0 Å². The topological polar surface area (TPSA) is 32.7 Å². The standard InChI is InChI=1S/C7H14N2O/c1-5-7(6(2)10)8-9(3)4/h5H2,1-4H3/b8-7+. The Morgan fingerprint density at radius 1 is 1.50 bits per heavy atom. The van der Waals surface area contributed by atoms with E-state index in [1.165, 1.54) is 6.92 Å². The quantitative estimate of drug-likeness (QED) is 0.433. The molecule has 0 aromatic carbocycles. The highest BCUT2D eigenvalue weighted by Crippen LogP contribution is 1.89. The summed E-state index contributed by atoms with van der Waals surface area (Å²) in [6.07, 6.45) is 0.702. The first kappa shape index (κ1) is 9.14. The minimum atomic E-state index is 0.0520. The molecule has 3 nitrogen and oxygen atoms in total. The van der Waals surface area contributed by atoms with Crippen molar-refractivity contribution in [2.45, 2.75) is 20.3 Å². The average molecular weight is 142 g/mol. The highest BCUT2D eigenvalue weighted by Gasteiger charge is 2.01. The van der Waals surface area contributed by atoms with Crippen LogP contribution in [0.15, 0.2) is 5.10 Å². The molecule has 0 aliphatic rings. The van der Waals surface area contributed by atoms with E-state index in [0.29, 0.717) is 12.1 Å². The maximum Gasteiger partial charge on any atom is 0.175 e. The number of hydrogen-bond acceptors (Lipinski definition) is 3. The van der Waals surface area contributed by atoms with Gasteiger partial charge < -0.3 is 5.01 Å². The summed E-state index contributed by atoms with van der Waals surface area (Å²) >= 11 is 0. The predicted octanol–water partition coefficient (Wildman–Crippen LogP) is 0.903. The minimum Gasteiger partial charge on any atom is -0.303 e. The molecule has 0 unspecified atom stereocenters. The summed E-state index contributed by atoms with van der Waals surface area (Å²) in [4.78, 5) is 10.8. The molecule has 0 saturated heterocycles. The molecule has 0 aliphatic heterocycles. The first-order valence-corrected chi connectivity index (χ1v) is 3.33. The molecular formula is C7H14N2O. The molecule has 0 heterocycles. The van der Waals surface area contributed by atoms with Crippen molar-refractivity contribution in [2.75, 3.05) is 14.1 Å². The lowest BCUT2D eigenvalue weighted by Gasteiger charge is -2.05. The van der Waals surface area contributed by atoms with Gasteiger partial charge in [0.2, 0.25) is 0 Å². The van der Waals surface area contributed by atoms with Crippen LogP contribution >= 0.6 is 0 Å². The van der Waals surface area contributed by atoms with Crippen molar-refractivity contribution in [3.05, 3.63) is 0 Å². The normalized spacial score (nSPS) is 11.4. The molecule has 0 aromatic rings. The van der Waals surface area contributed by atoms with Crippen LogP contribution in [0.2, 0.25) is 0 Å². The zero-order valence-electron chi connectivity index (χ0n) is 7.01. The second-order valence-corrected chi connectivity index (χ2v) is 2.30. The van der Waals surface area contributed by atoms with Crippen LogP contribution in [0.3, 0.4) is 0 Å². The molecular weight excluding hydrogens is 128 g/mol. The number of Topliss-reactive ketones (excluding diaryl/α,β-unsaturated/α-hetero) is 1. The fourth-order valence-electron chi connectivity index (χ4n) is 0.631. The molecule has 0 aliphatic carbocycles. The maximum atomic E-state index is 10.8. The van der Waals surface area contributed by atoms with Gasteiger partial charge in [-0.05, 0) is 6.42 Å². The highest BCUT2D eigenvalue weighted by atomic mass is 16.1. The van der Waals surface area contributed by atoms with Crippen molar-refractivity contribution in [2.24, 2.45) is 5.10 Å². The minimum absolute atomic E-state index is 0.0520. The summed E-state index contributed by atoms with van der Waals surface area (Å²) in [5, 5.41) is 5.63. The Kier molecular flexibility index (Phi) is 3.69. The summed E-state index contributed by atoms with van der Waals surface area (Å²) in [6.45, 7) is 3.45. The molecule has 0 spiro atoms. The van der Waals surface area contributed by atoms with E-state index in [9.17, 15) is 4.79 Å². The number of carbonyl (C=O) groups is 1. The molecule has 3 heteroatoms. The summed E-state index contributed by atoms with van der Waals surface area (Å²) in [7, 11) is 3.61. The van der Waals surface area contributed by atoms with Gasteiger partial charge in [0.1, 0.15) is 5.71 Å². The van der Waals surface area contributed by atoms with Gasteiger partial charge in [0.15, 0.2) is 5.78 Å². The number of hydrogen-bond donors (Lipinski definition) is 0. The molecule has 0 fully saturated rings. The second kappa shape index (κ2) is 4.04. The van der Waals surface area contributed by atoms with Crippen LogP contribution in [0.1, 0.15) is 20.3 Å². The third-order valence-corrected chi connectivity index (χ3v) is 1.06. The van der Waals surface area contributed by atoms with Crippen molar-refractivity contribution >= 4 is 11.5 Å². The lowest BCUT2D eigenvalue weighted by Crippen LogP contribution is -2.14. The molecule has 0 N–H and O–H groups in total. The number of nitrogens with zero attached hydrogens (tertiary/aromatic N) is 2. The van der Waals surface area contributed by atoms with E-state index in [1.54, 1.807) is 19.1 Å². The van der Waals surface area contributed by atoms with E-state index in [-0.39, 0.29) is 5.78 Å². The predicted molar refractivity (Wildman–Crippen MR) is 42.1 cm³/mol. The zero-order valence-corrected chi connectivity index (χ0v) is 7.01. The third-order valence-electron chi connectivity index (χ3n) is 1.06. The lowest BCUT2D eigenvalue weighted by molar-refractivity contribution is -0.111. The molecule has 10 heavy (non-hydrogen) atoms. The number of rotatable bonds is 3. The molecule has 0 amide bonds. The van der Waals surface area contributed by atoms with Crippen molar-refractivity contribution in [3.63, 3.8) is 0 Å². The number of ketones is 1. The molecule has 0 saturated carbocycles. The van der Waals surface area contributed by atoms with E-state index in [1.807, 2.05) is 6.92 Å². The molecule has 0 bridgehead atoms. The SMILES string of the molecule is CC/C(=N\N(C)C)C(C)=O. The third kappa shape index (κ3) is 3.22. The van der Waals surface area contributed by atoms with Crippen LogP contribution in [-0.2, 0) is 4.79 Å². The van der Waals surface area contributed by atoms with Crippen molar-refractivity contribution in [3.8, 4) is 0 Å². The smallest absolute Gasteiger partial charge is 0.175 e. The fraction of sp³-hybridized carbons (Fsp3) is 0.714. The van der Waals surface area contributed by atoms with Crippen LogP contribution in [-0.4, -0.2) is 30.6 Å². The van der Waals surface area contributed by atoms with Crippen LogP contribution < -0.4 is 0 Å². The monoisotopic (exact) mass is 142 g/mol. The van der Waals surface area contributed by atoms with Gasteiger partial charge >= 0.3 is 0 Å². The molecule has 0 rings (SSSR count). The van der Waals surface area contributed by atoms with E-state index in [0.717, 1.165) is 0 Å². The molecule has 0 aromatic heterocycles. The van der Waals surface area contributed by atoms with Gasteiger partial charge in [-0.2, -0.15) is 5.10 Å².